The molecule has 21 nitrogen and oxygen atoms in total. The Balaban J connectivity index is 1.29. The van der Waals surface area contributed by atoms with Crippen molar-refractivity contribution in [2.24, 2.45) is 20.5 Å². The first-order valence-corrected chi connectivity index (χ1v) is 20.0. The first-order valence-electron chi connectivity index (χ1n) is 15.7. The van der Waals surface area contributed by atoms with E-state index in [1.165, 1.54) is 60.7 Å². The fraction of sp³-hybridized carbons (Fsp3) is 0. The molecule has 0 saturated heterocycles. The molecule has 0 aliphatic rings. The zero-order valence-corrected chi connectivity index (χ0v) is 31.0. The van der Waals surface area contributed by atoms with Gasteiger partial charge in [0.15, 0.2) is 11.5 Å². The van der Waals surface area contributed by atoms with Gasteiger partial charge in [-0.15, -0.1) is 20.5 Å². The highest BCUT2D eigenvalue weighted by molar-refractivity contribution is 7.86. The average molecular weight is 853 g/mol. The summed E-state index contributed by atoms with van der Waals surface area (Å²) in [5.74, 6) is -3.59. The highest BCUT2D eigenvalue weighted by atomic mass is 32.2. The maximum Gasteiger partial charge on any atom is 0.337 e. The van der Waals surface area contributed by atoms with Crippen molar-refractivity contribution in [3.8, 4) is 17.2 Å². The number of amides is 2. The molecule has 0 fully saturated rings. The summed E-state index contributed by atoms with van der Waals surface area (Å²) >= 11 is 0. The van der Waals surface area contributed by atoms with E-state index in [0.29, 0.717) is 6.07 Å². The van der Waals surface area contributed by atoms with Crippen LogP contribution in [0.15, 0.2) is 126 Å². The van der Waals surface area contributed by atoms with Gasteiger partial charge in [0.05, 0.1) is 10.5 Å². The zero-order valence-electron chi connectivity index (χ0n) is 28.6. The second-order valence-electron chi connectivity index (χ2n) is 11.9. The van der Waals surface area contributed by atoms with E-state index < -0.39 is 91.4 Å². The molecular weight excluding hydrogens is 829 g/mol. The number of urea groups is 1. The number of carboxylic acids is 1. The van der Waals surface area contributed by atoms with Crippen molar-refractivity contribution < 1.29 is 68.9 Å². The smallest absolute Gasteiger partial charge is 0.337 e. The molecule has 6 rings (SSSR count). The van der Waals surface area contributed by atoms with Crippen LogP contribution in [0.5, 0.6) is 17.2 Å². The third-order valence-electron chi connectivity index (χ3n) is 8.07. The van der Waals surface area contributed by atoms with Crippen molar-refractivity contribution in [3.05, 3.63) is 96.6 Å². The molecule has 0 aromatic heterocycles. The summed E-state index contributed by atoms with van der Waals surface area (Å²) in [6.45, 7) is 0. The highest BCUT2D eigenvalue weighted by Gasteiger charge is 2.25. The first-order chi connectivity index (χ1) is 27.1. The van der Waals surface area contributed by atoms with Gasteiger partial charge >= 0.3 is 12.0 Å². The molecule has 0 spiro atoms. The van der Waals surface area contributed by atoms with Crippen LogP contribution in [0.25, 0.3) is 21.5 Å². The number of anilines is 2. The van der Waals surface area contributed by atoms with Gasteiger partial charge in [-0.3, -0.25) is 13.7 Å². The number of aromatic hydroxyl groups is 3. The van der Waals surface area contributed by atoms with Crippen LogP contribution in [0.1, 0.15) is 10.4 Å². The van der Waals surface area contributed by atoms with Crippen molar-refractivity contribution in [3.63, 3.8) is 0 Å². The minimum atomic E-state index is -5.14. The summed E-state index contributed by atoms with van der Waals surface area (Å²) in [5.41, 5.74) is -2.49. The van der Waals surface area contributed by atoms with Crippen molar-refractivity contribution >= 4 is 98.0 Å². The molecule has 298 valence electrons. The van der Waals surface area contributed by atoms with Gasteiger partial charge in [0.2, 0.25) is 0 Å². The summed E-state index contributed by atoms with van der Waals surface area (Å²) in [5, 5.41) is 60.8. The normalized spacial score (nSPS) is 12.4. The van der Waals surface area contributed by atoms with Crippen molar-refractivity contribution in [1.29, 1.82) is 0 Å². The van der Waals surface area contributed by atoms with Gasteiger partial charge in [-0.25, -0.2) is 9.59 Å². The quantitative estimate of drug-likeness (QED) is 0.0493. The SMILES string of the molecule is O=C(Nc1ccc2c(O)c(N=Nc3cc(S(=O)(=O)O)ccc3O)c(S(=O)(=O)O)cc2c1)Nc1ccc2c(O)c(N=Nc3ccccc3C(=O)O)c(S(=O)(=O)O)cc2c1. The van der Waals surface area contributed by atoms with E-state index in [1.54, 1.807) is 0 Å². The largest absolute Gasteiger partial charge is 0.506 e. The Morgan fingerprint density at radius 2 is 1.02 bits per heavy atom. The van der Waals surface area contributed by atoms with Gasteiger partial charge in [-0.1, -0.05) is 12.1 Å². The summed E-state index contributed by atoms with van der Waals surface area (Å²) < 4.78 is 101. The van der Waals surface area contributed by atoms with Gasteiger partial charge < -0.3 is 31.1 Å². The zero-order chi connectivity index (χ0) is 42.3. The maximum absolute atomic E-state index is 13.0. The number of phenols is 3. The van der Waals surface area contributed by atoms with E-state index in [2.05, 4.69) is 31.1 Å². The number of fused-ring (bicyclic) bond motifs is 2. The van der Waals surface area contributed by atoms with Gasteiger partial charge in [0.1, 0.15) is 38.3 Å². The number of nitrogens with one attached hydrogen (secondary N) is 2. The topological polar surface area (TPSA) is 352 Å². The molecule has 6 aromatic carbocycles. The summed E-state index contributed by atoms with van der Waals surface area (Å²) in [6.07, 6.45) is 0. The van der Waals surface area contributed by atoms with Crippen LogP contribution < -0.4 is 10.6 Å². The minimum absolute atomic E-state index is 0.00914. The van der Waals surface area contributed by atoms with E-state index in [9.17, 15) is 68.9 Å². The minimum Gasteiger partial charge on any atom is -0.506 e. The molecule has 0 aliphatic heterocycles. The van der Waals surface area contributed by atoms with Crippen molar-refractivity contribution in [1.82, 2.24) is 0 Å². The number of rotatable bonds is 10. The molecular formula is C34H24N6O15S3. The summed E-state index contributed by atoms with van der Waals surface area (Å²) in [4.78, 5) is 22.0. The fourth-order valence-corrected chi connectivity index (χ4v) is 7.25. The fourth-order valence-electron chi connectivity index (χ4n) is 5.43. The maximum atomic E-state index is 13.0. The Bertz CT molecular complexity index is 3140. The molecule has 0 bridgehead atoms. The number of aromatic carboxylic acids is 1. The predicted molar refractivity (Wildman–Crippen MR) is 203 cm³/mol. The van der Waals surface area contributed by atoms with Crippen LogP contribution in [0.3, 0.4) is 0 Å². The van der Waals surface area contributed by atoms with Gasteiger partial charge in [0, 0.05) is 22.1 Å². The second kappa shape index (κ2) is 15.1. The lowest BCUT2D eigenvalue weighted by atomic mass is 10.1. The number of carboxylic acid groups (broad SMARTS) is 1. The van der Waals surface area contributed by atoms with Crippen LogP contribution in [0.4, 0.5) is 38.9 Å². The number of carbonyl (C=O) groups excluding carboxylic acids is 1. The second-order valence-corrected chi connectivity index (χ2v) is 16.1. The number of benzene rings is 6. The Hall–Kier alpha value is -7.09. The van der Waals surface area contributed by atoms with Crippen LogP contribution in [-0.4, -0.2) is 71.3 Å². The van der Waals surface area contributed by atoms with Crippen molar-refractivity contribution in [2.45, 2.75) is 14.7 Å². The molecule has 0 atom stereocenters. The van der Waals surface area contributed by atoms with E-state index in [1.807, 2.05) is 0 Å². The average Bonchev–Trinajstić information content (AvgIpc) is 3.13. The molecule has 0 saturated carbocycles. The molecule has 58 heavy (non-hydrogen) atoms. The lowest BCUT2D eigenvalue weighted by Crippen LogP contribution is -2.19. The summed E-state index contributed by atoms with van der Waals surface area (Å²) in [7, 11) is -15.0. The van der Waals surface area contributed by atoms with E-state index in [4.69, 9.17) is 0 Å². The van der Waals surface area contributed by atoms with Gasteiger partial charge in [-0.05, 0) is 89.6 Å². The lowest BCUT2D eigenvalue weighted by Gasteiger charge is -2.13. The van der Waals surface area contributed by atoms with Crippen LogP contribution in [0, 0.1) is 0 Å². The Kier molecular flexibility index (Phi) is 10.6. The number of azo groups is 2. The number of nitrogens with zero attached hydrogens (tertiary/aromatic N) is 4. The molecule has 0 aliphatic carbocycles. The highest BCUT2D eigenvalue weighted by Crippen LogP contribution is 2.44. The Morgan fingerprint density at radius 3 is 1.48 bits per heavy atom. The number of carbonyl (C=O) groups is 2. The Morgan fingerprint density at radius 1 is 0.534 bits per heavy atom. The molecule has 24 heteroatoms. The monoisotopic (exact) mass is 852 g/mol. The first kappa shape index (κ1) is 40.6. The number of phenolic OH excluding ortho intramolecular Hbond substituents is 3. The predicted octanol–water partition coefficient (Wildman–Crippen LogP) is 7.02. The third-order valence-corrected chi connectivity index (χ3v) is 10.7. The molecule has 2 amide bonds. The standard InChI is InChI=1S/C34H24N6O15S3/c41-26-10-7-20(56(47,48)49)15-25(26)38-40-30-28(58(53,54)55)14-17-12-19(6-9-22(17)32(30)43)36-34(46)35-18-5-8-21-16(11-18)13-27(57(50,51)52)29(31(21)42)39-37-24-4-2-1-3-23(24)33(44)45/h1-15,41-43H,(H,44,45)(H2,35,36,46)(H,47,48,49)(H,50,51,52)(H,53,54,55). The van der Waals surface area contributed by atoms with E-state index in [0.717, 1.165) is 24.3 Å². The molecule has 0 unspecified atom stereocenters. The number of hydrogen-bond donors (Lipinski definition) is 9. The Labute approximate surface area is 325 Å². The van der Waals surface area contributed by atoms with Crippen LogP contribution in [0.2, 0.25) is 0 Å². The van der Waals surface area contributed by atoms with E-state index >= 15 is 0 Å². The van der Waals surface area contributed by atoms with Crippen LogP contribution >= 0.6 is 0 Å². The molecule has 6 aromatic rings. The molecule has 0 heterocycles. The van der Waals surface area contributed by atoms with Gasteiger partial charge in [0.25, 0.3) is 30.4 Å². The molecule has 9 N–H and O–H groups in total. The van der Waals surface area contributed by atoms with Gasteiger partial charge in [-0.2, -0.15) is 25.3 Å². The van der Waals surface area contributed by atoms with Crippen molar-refractivity contribution in [2.75, 3.05) is 10.6 Å². The summed E-state index contributed by atoms with van der Waals surface area (Å²) in [6, 6.07) is 16.2. The number of hydrogen-bond acceptors (Lipinski definition) is 15. The van der Waals surface area contributed by atoms with Crippen LogP contribution in [-0.2, 0) is 30.4 Å². The third kappa shape index (κ3) is 8.50. The molecule has 0 radical (unpaired) electrons. The lowest BCUT2D eigenvalue weighted by molar-refractivity contribution is 0.0697. The van der Waals surface area contributed by atoms with E-state index in [-0.39, 0.29) is 44.2 Å².